The van der Waals surface area contributed by atoms with Crippen LogP contribution in [-0.4, -0.2) is 16.7 Å². The van der Waals surface area contributed by atoms with Gasteiger partial charge in [0.2, 0.25) is 5.24 Å². The van der Waals surface area contributed by atoms with Crippen molar-refractivity contribution in [3.63, 3.8) is 0 Å². The number of rotatable bonds is 2. The van der Waals surface area contributed by atoms with Crippen LogP contribution < -0.4 is 5.73 Å². The van der Waals surface area contributed by atoms with Gasteiger partial charge in [0.25, 0.3) is 0 Å². The Morgan fingerprint density at radius 3 is 2.12 bits per heavy atom. The van der Waals surface area contributed by atoms with Crippen LogP contribution in [0.4, 0.5) is 0 Å². The fourth-order valence-corrected chi connectivity index (χ4v) is 0.405. The summed E-state index contributed by atoms with van der Waals surface area (Å²) in [6, 6.07) is -0.373. The maximum Gasteiger partial charge on any atom is 0.241 e. The van der Waals surface area contributed by atoms with Crippen molar-refractivity contribution >= 4 is 28.4 Å². The second kappa shape index (κ2) is 3.28. The van der Waals surface area contributed by atoms with Crippen LogP contribution in [0.1, 0.15) is 6.92 Å². The monoisotopic (exact) mass is 155 g/mol. The molecule has 0 aromatic carbocycles. The lowest BCUT2D eigenvalue weighted by atomic mass is 10.3. The Labute approximate surface area is 57.9 Å². The minimum absolute atomic E-state index is 0.373. The van der Waals surface area contributed by atoms with Crippen LogP contribution in [-0.2, 0) is 4.79 Å². The van der Waals surface area contributed by atoms with Gasteiger partial charge < -0.3 is 5.73 Å². The fourth-order valence-electron chi connectivity index (χ4n) is 0.207. The van der Waals surface area contributed by atoms with Crippen molar-refractivity contribution in [2.45, 2.75) is 18.3 Å². The Hall–Kier alpha value is 0.210. The Bertz CT molecular complexity index is 94.0. The molecular weight excluding hydrogens is 149 g/mol. The second-order valence-corrected chi connectivity index (χ2v) is 2.41. The van der Waals surface area contributed by atoms with Crippen LogP contribution in [0, 0.1) is 0 Å². The van der Waals surface area contributed by atoms with Crippen molar-refractivity contribution in [2.24, 2.45) is 5.73 Å². The molecule has 0 saturated heterocycles. The zero-order chi connectivity index (χ0) is 6.73. The van der Waals surface area contributed by atoms with Crippen LogP contribution >= 0.6 is 23.2 Å². The highest BCUT2D eigenvalue weighted by Crippen LogP contribution is 2.03. The molecule has 0 aliphatic rings. The molecule has 0 spiro atoms. The predicted molar refractivity (Wildman–Crippen MR) is 34.2 cm³/mol. The quantitative estimate of drug-likeness (QED) is 0.472. The molecule has 4 heteroatoms. The van der Waals surface area contributed by atoms with Gasteiger partial charge in [-0.15, -0.1) is 11.6 Å². The van der Waals surface area contributed by atoms with Gasteiger partial charge in [0.15, 0.2) is 0 Å². The maximum absolute atomic E-state index is 10.1. The van der Waals surface area contributed by atoms with E-state index >= 15 is 0 Å². The smallest absolute Gasteiger partial charge is 0.241 e. The molecule has 2 N–H and O–H groups in total. The second-order valence-electron chi connectivity index (χ2n) is 1.56. The lowest BCUT2D eigenvalue weighted by Crippen LogP contribution is -2.31. The highest BCUT2D eigenvalue weighted by Gasteiger charge is 2.16. The number of alkyl halides is 1. The third-order valence-electron chi connectivity index (χ3n) is 0.678. The Morgan fingerprint density at radius 1 is 1.75 bits per heavy atom. The zero-order valence-electron chi connectivity index (χ0n) is 4.40. The molecule has 0 rings (SSSR count). The predicted octanol–water partition coefficient (Wildman–Crippen LogP) is 0.706. The van der Waals surface area contributed by atoms with Crippen molar-refractivity contribution in [1.82, 2.24) is 0 Å². The van der Waals surface area contributed by atoms with E-state index in [0.29, 0.717) is 0 Å². The van der Waals surface area contributed by atoms with Crippen LogP contribution in [0.3, 0.4) is 0 Å². The van der Waals surface area contributed by atoms with Crippen molar-refractivity contribution in [2.75, 3.05) is 0 Å². The van der Waals surface area contributed by atoms with Gasteiger partial charge in [-0.25, -0.2) is 0 Å². The van der Waals surface area contributed by atoms with E-state index in [1.807, 2.05) is 0 Å². The number of carbonyl (C=O) groups excluding carboxylic acids is 1. The molecule has 48 valence electrons. The van der Waals surface area contributed by atoms with Crippen LogP contribution in [0.2, 0.25) is 0 Å². The topological polar surface area (TPSA) is 43.1 Å². The van der Waals surface area contributed by atoms with Crippen LogP contribution in [0.5, 0.6) is 0 Å². The first kappa shape index (κ1) is 8.21. The maximum atomic E-state index is 10.1. The van der Waals surface area contributed by atoms with Crippen molar-refractivity contribution < 1.29 is 4.79 Å². The van der Waals surface area contributed by atoms with Crippen molar-refractivity contribution in [3.05, 3.63) is 0 Å². The molecule has 0 aromatic heterocycles. The molecule has 2 atom stereocenters. The third-order valence-corrected chi connectivity index (χ3v) is 1.62. The first-order valence-corrected chi connectivity index (χ1v) is 2.96. The van der Waals surface area contributed by atoms with Gasteiger partial charge in [-0.3, -0.25) is 4.79 Å². The third kappa shape index (κ3) is 2.50. The number of hydrogen-bond donors (Lipinski definition) is 1. The summed E-state index contributed by atoms with van der Waals surface area (Å²) in [6.45, 7) is 1.62. The molecule has 0 amide bonds. The van der Waals surface area contributed by atoms with Gasteiger partial charge in [0.1, 0.15) is 5.38 Å². The lowest BCUT2D eigenvalue weighted by Gasteiger charge is -2.05. The molecule has 0 aliphatic heterocycles. The summed E-state index contributed by atoms with van der Waals surface area (Å²) in [7, 11) is 0. The summed E-state index contributed by atoms with van der Waals surface area (Å²) in [5.41, 5.74) is 5.20. The minimum atomic E-state index is -0.753. The van der Waals surface area contributed by atoms with Gasteiger partial charge in [0, 0.05) is 6.04 Å². The standard InChI is InChI=1S/C4H7Cl2NO/c1-2(7)3(5)4(6)8/h2-3H,7H2,1H3/t2-,3+/m0/s1. The molecule has 8 heavy (non-hydrogen) atoms. The summed E-state index contributed by atoms with van der Waals surface area (Å²) in [5.74, 6) is 0. The molecule has 0 saturated carbocycles. The minimum Gasteiger partial charge on any atom is -0.326 e. The van der Waals surface area contributed by atoms with E-state index in [1.54, 1.807) is 6.92 Å². The first-order chi connectivity index (χ1) is 3.55. The van der Waals surface area contributed by atoms with Crippen molar-refractivity contribution in [3.8, 4) is 0 Å². The molecule has 0 bridgehead atoms. The number of hydrogen-bond acceptors (Lipinski definition) is 2. The molecule has 0 radical (unpaired) electrons. The molecule has 2 nitrogen and oxygen atoms in total. The number of carbonyl (C=O) groups is 1. The number of nitrogens with two attached hydrogens (primary N) is 1. The lowest BCUT2D eigenvalue weighted by molar-refractivity contribution is -0.111. The average Bonchev–Trinajstić information content (AvgIpc) is 1.64. The van der Waals surface area contributed by atoms with E-state index in [-0.39, 0.29) is 6.04 Å². The van der Waals surface area contributed by atoms with E-state index in [4.69, 9.17) is 28.9 Å². The fraction of sp³-hybridized carbons (Fsp3) is 0.750. The molecule has 0 fully saturated rings. The zero-order valence-corrected chi connectivity index (χ0v) is 5.91. The highest BCUT2D eigenvalue weighted by molar-refractivity contribution is 6.69. The molecule has 0 aromatic rings. The molecular formula is C4H7Cl2NO. The van der Waals surface area contributed by atoms with Gasteiger partial charge in [-0.05, 0) is 18.5 Å². The Morgan fingerprint density at radius 2 is 2.12 bits per heavy atom. The summed E-state index contributed by atoms with van der Waals surface area (Å²) < 4.78 is 0. The highest BCUT2D eigenvalue weighted by atomic mass is 35.5. The summed E-state index contributed by atoms with van der Waals surface area (Å²) in [4.78, 5) is 10.1. The van der Waals surface area contributed by atoms with E-state index < -0.39 is 10.6 Å². The van der Waals surface area contributed by atoms with Crippen molar-refractivity contribution in [1.29, 1.82) is 0 Å². The van der Waals surface area contributed by atoms with Crippen LogP contribution in [0.15, 0.2) is 0 Å². The summed E-state index contributed by atoms with van der Waals surface area (Å²) in [6.07, 6.45) is 0. The first-order valence-electron chi connectivity index (χ1n) is 2.14. The van der Waals surface area contributed by atoms with E-state index in [0.717, 1.165) is 0 Å². The van der Waals surface area contributed by atoms with Gasteiger partial charge in [-0.1, -0.05) is 0 Å². The van der Waals surface area contributed by atoms with E-state index in [9.17, 15) is 4.79 Å². The Balaban J connectivity index is 3.64. The van der Waals surface area contributed by atoms with Gasteiger partial charge >= 0.3 is 0 Å². The van der Waals surface area contributed by atoms with Crippen LogP contribution in [0.25, 0.3) is 0 Å². The molecule has 0 heterocycles. The summed E-state index contributed by atoms with van der Waals surface area (Å²) >= 11 is 10.3. The SMILES string of the molecule is C[C@H](N)[C@@H](Cl)C(=O)Cl. The molecule has 0 unspecified atom stereocenters. The Kier molecular flexibility index (Phi) is 3.36. The normalized spacial score (nSPS) is 17.5. The largest absolute Gasteiger partial charge is 0.326 e. The number of halogens is 2. The van der Waals surface area contributed by atoms with Gasteiger partial charge in [-0.2, -0.15) is 0 Å². The summed E-state index contributed by atoms with van der Waals surface area (Å²) in [5, 5.41) is -1.35. The van der Waals surface area contributed by atoms with E-state index in [1.165, 1.54) is 0 Å². The van der Waals surface area contributed by atoms with E-state index in [2.05, 4.69) is 0 Å². The average molecular weight is 156 g/mol. The molecule has 0 aliphatic carbocycles. The van der Waals surface area contributed by atoms with Gasteiger partial charge in [0.05, 0.1) is 0 Å².